The SMILES string of the molecule is Cc1cnn(CCNC2CCC23CCCCC3)c1. The Kier molecular flexibility index (Phi) is 3.42. The molecule has 0 amide bonds. The van der Waals surface area contributed by atoms with Gasteiger partial charge in [-0.25, -0.2) is 0 Å². The third-order valence-corrected chi connectivity index (χ3v) is 5.01. The summed E-state index contributed by atoms with van der Waals surface area (Å²) in [5.74, 6) is 0. The second-order valence-corrected chi connectivity index (χ2v) is 6.25. The van der Waals surface area contributed by atoms with Crippen LogP contribution in [0.25, 0.3) is 0 Å². The van der Waals surface area contributed by atoms with Crippen molar-refractivity contribution in [2.24, 2.45) is 5.41 Å². The van der Waals surface area contributed by atoms with E-state index < -0.39 is 0 Å². The van der Waals surface area contributed by atoms with Crippen LogP contribution in [0.4, 0.5) is 0 Å². The fraction of sp³-hybridized carbons (Fsp3) is 0.800. The Hall–Kier alpha value is -0.830. The van der Waals surface area contributed by atoms with Crippen LogP contribution in [0.1, 0.15) is 50.5 Å². The van der Waals surface area contributed by atoms with Crippen molar-refractivity contribution in [2.45, 2.75) is 64.5 Å². The number of rotatable bonds is 4. The minimum atomic E-state index is 0.679. The van der Waals surface area contributed by atoms with E-state index >= 15 is 0 Å². The molecule has 0 aliphatic heterocycles. The molecule has 1 spiro atoms. The highest BCUT2D eigenvalue weighted by atomic mass is 15.3. The first-order valence-electron chi connectivity index (χ1n) is 7.51. The summed E-state index contributed by atoms with van der Waals surface area (Å²) in [6.45, 7) is 4.16. The van der Waals surface area contributed by atoms with Gasteiger partial charge in [-0.1, -0.05) is 19.3 Å². The molecule has 1 aromatic heterocycles. The highest BCUT2D eigenvalue weighted by Crippen LogP contribution is 2.51. The van der Waals surface area contributed by atoms with Crippen molar-refractivity contribution in [2.75, 3.05) is 6.54 Å². The van der Waals surface area contributed by atoms with Gasteiger partial charge in [-0.15, -0.1) is 0 Å². The molecule has 2 saturated carbocycles. The van der Waals surface area contributed by atoms with Crippen LogP contribution in [0, 0.1) is 12.3 Å². The van der Waals surface area contributed by atoms with Crippen molar-refractivity contribution in [3.8, 4) is 0 Å². The molecule has 3 heteroatoms. The molecule has 18 heavy (non-hydrogen) atoms. The second kappa shape index (κ2) is 5.04. The van der Waals surface area contributed by atoms with E-state index in [-0.39, 0.29) is 0 Å². The molecule has 0 saturated heterocycles. The van der Waals surface area contributed by atoms with Crippen molar-refractivity contribution in [3.63, 3.8) is 0 Å². The molecule has 100 valence electrons. The molecule has 3 nitrogen and oxygen atoms in total. The Labute approximate surface area is 110 Å². The van der Waals surface area contributed by atoms with Crippen LogP contribution in [0.2, 0.25) is 0 Å². The predicted octanol–water partition coefficient (Wildman–Crippen LogP) is 2.89. The van der Waals surface area contributed by atoms with E-state index in [0.717, 1.165) is 19.1 Å². The third kappa shape index (κ3) is 2.33. The van der Waals surface area contributed by atoms with Gasteiger partial charge in [0.05, 0.1) is 12.7 Å². The zero-order chi connectivity index (χ0) is 12.4. The maximum absolute atomic E-state index is 4.34. The van der Waals surface area contributed by atoms with Gasteiger partial charge in [0.1, 0.15) is 0 Å². The van der Waals surface area contributed by atoms with E-state index in [1.807, 2.05) is 6.20 Å². The molecular weight excluding hydrogens is 222 g/mol. The average Bonchev–Trinajstić information content (AvgIpc) is 2.80. The summed E-state index contributed by atoms with van der Waals surface area (Å²) in [6.07, 6.45) is 14.2. The Morgan fingerprint density at radius 2 is 2.17 bits per heavy atom. The number of aryl methyl sites for hydroxylation is 1. The normalized spacial score (nSPS) is 26.2. The summed E-state index contributed by atoms with van der Waals surface area (Å²) in [6, 6.07) is 0.787. The van der Waals surface area contributed by atoms with Gasteiger partial charge in [0.15, 0.2) is 0 Å². The van der Waals surface area contributed by atoms with Crippen LogP contribution in [-0.4, -0.2) is 22.4 Å². The van der Waals surface area contributed by atoms with Crippen LogP contribution >= 0.6 is 0 Å². The largest absolute Gasteiger partial charge is 0.312 e. The van der Waals surface area contributed by atoms with Crippen molar-refractivity contribution < 1.29 is 0 Å². The van der Waals surface area contributed by atoms with Gasteiger partial charge < -0.3 is 5.32 Å². The molecule has 3 rings (SSSR count). The van der Waals surface area contributed by atoms with Gasteiger partial charge in [0.2, 0.25) is 0 Å². The van der Waals surface area contributed by atoms with E-state index in [1.54, 1.807) is 0 Å². The Balaban J connectivity index is 1.46. The van der Waals surface area contributed by atoms with Gasteiger partial charge in [0, 0.05) is 18.8 Å². The lowest BCUT2D eigenvalue weighted by molar-refractivity contribution is 0.0228. The monoisotopic (exact) mass is 247 g/mol. The topological polar surface area (TPSA) is 29.9 Å². The van der Waals surface area contributed by atoms with E-state index in [4.69, 9.17) is 0 Å². The van der Waals surface area contributed by atoms with Gasteiger partial charge in [-0.3, -0.25) is 4.68 Å². The fourth-order valence-electron chi connectivity index (χ4n) is 3.81. The van der Waals surface area contributed by atoms with E-state index in [9.17, 15) is 0 Å². The molecule has 0 radical (unpaired) electrons. The van der Waals surface area contributed by atoms with E-state index in [2.05, 4.69) is 28.2 Å². The Bertz CT molecular complexity index is 390. The lowest BCUT2D eigenvalue weighted by Crippen LogP contribution is -2.54. The number of aromatic nitrogens is 2. The second-order valence-electron chi connectivity index (χ2n) is 6.25. The standard InChI is InChI=1S/C15H25N3/c1-13-11-17-18(12-13)10-9-16-14-5-8-15(14)6-3-2-4-7-15/h11-12,14,16H,2-10H2,1H3. The molecule has 1 aromatic rings. The molecule has 0 aromatic carbocycles. The molecule has 1 heterocycles. The first-order valence-corrected chi connectivity index (χ1v) is 7.51. The summed E-state index contributed by atoms with van der Waals surface area (Å²) in [5, 5.41) is 8.11. The summed E-state index contributed by atoms with van der Waals surface area (Å²) >= 11 is 0. The van der Waals surface area contributed by atoms with Crippen LogP contribution in [0.3, 0.4) is 0 Å². The number of hydrogen-bond acceptors (Lipinski definition) is 2. The summed E-state index contributed by atoms with van der Waals surface area (Å²) in [5.41, 5.74) is 1.93. The molecule has 1 unspecified atom stereocenters. The maximum Gasteiger partial charge on any atom is 0.0534 e. The van der Waals surface area contributed by atoms with Gasteiger partial charge in [0.25, 0.3) is 0 Å². The molecule has 1 atom stereocenters. The molecule has 2 aliphatic carbocycles. The zero-order valence-electron chi connectivity index (χ0n) is 11.5. The minimum absolute atomic E-state index is 0.679. The maximum atomic E-state index is 4.34. The van der Waals surface area contributed by atoms with Crippen molar-refractivity contribution in [1.29, 1.82) is 0 Å². The molecule has 2 aliphatic rings. The van der Waals surface area contributed by atoms with E-state index in [0.29, 0.717) is 5.41 Å². The highest BCUT2D eigenvalue weighted by molar-refractivity contribution is 5.02. The first kappa shape index (κ1) is 12.2. The average molecular weight is 247 g/mol. The lowest BCUT2D eigenvalue weighted by Gasteiger charge is -2.52. The molecule has 2 fully saturated rings. The van der Waals surface area contributed by atoms with Crippen molar-refractivity contribution in [1.82, 2.24) is 15.1 Å². The smallest absolute Gasteiger partial charge is 0.0534 e. The van der Waals surface area contributed by atoms with Crippen LogP contribution in [0.5, 0.6) is 0 Å². The number of hydrogen-bond donors (Lipinski definition) is 1. The predicted molar refractivity (Wildman–Crippen MR) is 73.5 cm³/mol. The van der Waals surface area contributed by atoms with Crippen LogP contribution in [-0.2, 0) is 6.54 Å². The van der Waals surface area contributed by atoms with Gasteiger partial charge in [-0.2, -0.15) is 5.10 Å². The van der Waals surface area contributed by atoms with Gasteiger partial charge in [-0.05, 0) is 43.6 Å². The van der Waals surface area contributed by atoms with Crippen LogP contribution in [0.15, 0.2) is 12.4 Å². The van der Waals surface area contributed by atoms with Gasteiger partial charge >= 0.3 is 0 Å². The van der Waals surface area contributed by atoms with E-state index in [1.165, 1.54) is 50.5 Å². The highest BCUT2D eigenvalue weighted by Gasteiger charge is 2.46. The first-order chi connectivity index (χ1) is 8.78. The third-order valence-electron chi connectivity index (χ3n) is 5.01. The molecular formula is C15H25N3. The Morgan fingerprint density at radius 3 is 2.78 bits per heavy atom. The summed E-state index contributed by atoms with van der Waals surface area (Å²) in [7, 11) is 0. The van der Waals surface area contributed by atoms with Crippen LogP contribution < -0.4 is 5.32 Å². The van der Waals surface area contributed by atoms with Crippen molar-refractivity contribution in [3.05, 3.63) is 18.0 Å². The summed E-state index contributed by atoms with van der Waals surface area (Å²) < 4.78 is 2.05. The number of nitrogens with zero attached hydrogens (tertiary/aromatic N) is 2. The van der Waals surface area contributed by atoms with Crippen molar-refractivity contribution >= 4 is 0 Å². The fourth-order valence-corrected chi connectivity index (χ4v) is 3.81. The Morgan fingerprint density at radius 1 is 1.33 bits per heavy atom. The minimum Gasteiger partial charge on any atom is -0.312 e. The summed E-state index contributed by atoms with van der Waals surface area (Å²) in [4.78, 5) is 0. The quantitative estimate of drug-likeness (QED) is 0.886. The zero-order valence-corrected chi connectivity index (χ0v) is 11.5. The number of nitrogens with one attached hydrogen (secondary N) is 1. The molecule has 1 N–H and O–H groups in total. The molecule has 0 bridgehead atoms. The lowest BCUT2D eigenvalue weighted by atomic mass is 9.57.